The van der Waals surface area contributed by atoms with Crippen molar-refractivity contribution in [3.63, 3.8) is 0 Å². The van der Waals surface area contributed by atoms with Gasteiger partial charge in [-0.05, 0) is 72.8 Å². The summed E-state index contributed by atoms with van der Waals surface area (Å²) in [4.78, 5) is 122. The van der Waals surface area contributed by atoms with E-state index in [1.54, 1.807) is 62.8 Å². The van der Waals surface area contributed by atoms with E-state index < -0.39 is 58.5 Å². The van der Waals surface area contributed by atoms with Crippen molar-refractivity contribution in [2.45, 2.75) is 13.5 Å². The maximum absolute atomic E-state index is 15.3. The lowest BCUT2D eigenvalue weighted by molar-refractivity contribution is -0.00946. The Bertz CT molecular complexity index is 4580. The van der Waals surface area contributed by atoms with Gasteiger partial charge in [0, 0.05) is 66.3 Å². The van der Waals surface area contributed by atoms with Crippen LogP contribution in [-0.4, -0.2) is 130 Å². The van der Waals surface area contributed by atoms with E-state index in [0.717, 1.165) is 36.3 Å². The van der Waals surface area contributed by atoms with Crippen molar-refractivity contribution < 1.29 is 37.9 Å². The minimum atomic E-state index is -0.861. The molecule has 0 atom stereocenters. The van der Waals surface area contributed by atoms with Gasteiger partial charge in [0.25, 0.3) is 22.2 Å². The Morgan fingerprint density at radius 2 is 0.585 bits per heavy atom. The predicted octanol–water partition coefficient (Wildman–Crippen LogP) is 3.70. The molecule has 13 rings (SSSR count). The van der Waals surface area contributed by atoms with Gasteiger partial charge in [-0.2, -0.15) is 18.1 Å². The second-order valence-electron chi connectivity index (χ2n) is 19.4. The summed E-state index contributed by atoms with van der Waals surface area (Å²) < 4.78 is 53.4. The first-order chi connectivity index (χ1) is 39.9. The van der Waals surface area contributed by atoms with Crippen LogP contribution in [0.25, 0.3) is 98.1 Å². The quantitative estimate of drug-likeness (QED) is 0.0475. The molecule has 0 fully saturated rings. The van der Waals surface area contributed by atoms with Gasteiger partial charge in [-0.15, -0.1) is 0 Å². The van der Waals surface area contributed by atoms with Crippen LogP contribution in [0.1, 0.15) is 0 Å². The lowest BCUT2D eigenvalue weighted by Gasteiger charge is -2.24. The fraction of sp³-hybridized carbons (Fsp3) is 0.286. The third-order valence-corrected chi connectivity index (χ3v) is 16.0. The molecule has 0 unspecified atom stereocenters. The molecule has 7 aromatic carbocycles. The van der Waals surface area contributed by atoms with Crippen molar-refractivity contribution in [2.24, 2.45) is 0 Å². The highest BCUT2D eigenvalue weighted by Gasteiger charge is 2.34. The summed E-state index contributed by atoms with van der Waals surface area (Å²) in [6.07, 6.45) is 0. The number of nitrogens with zero attached hydrogens (tertiary/aromatic N) is 8. The molecule has 0 N–H and O–H groups in total. The second-order valence-corrected chi connectivity index (χ2v) is 21.2. The standard InChI is InChI=1S/C56H46Br2N8O16/c1-75-11-13-77-15-17-79-19-21-81-27-59-49(67)33-23-37-43-45-39(65-55(73)61(53(71)63(37)65)31-7-3-29(57)4-8-31)25-35-42-36(52(70)60(51(35)69)28-82-22-20-80-18-16-78-14-12-76-2)26-40-46(48(42)45)44-38(24-34(50(59)68)41(33)47(43)44)64-54(72)62(56(74)66(40)64)32-9-5-30(58)6-10-32/h3-10,23-26H,11-22,27-28H2,1-2H3. The van der Waals surface area contributed by atoms with Gasteiger partial charge in [0.1, 0.15) is 13.5 Å². The highest BCUT2D eigenvalue weighted by Crippen LogP contribution is 2.50. The third-order valence-electron chi connectivity index (χ3n) is 14.9. The summed E-state index contributed by atoms with van der Waals surface area (Å²) in [6.45, 7) is 1.75. The fourth-order valence-corrected chi connectivity index (χ4v) is 11.9. The Hall–Kier alpha value is -7.76. The first kappa shape index (κ1) is 53.5. The van der Waals surface area contributed by atoms with E-state index in [2.05, 4.69) is 31.9 Å². The average molecular weight is 1250 g/mol. The van der Waals surface area contributed by atoms with Crippen molar-refractivity contribution in [2.75, 3.05) is 93.5 Å². The van der Waals surface area contributed by atoms with E-state index in [4.69, 9.17) is 37.9 Å². The zero-order chi connectivity index (χ0) is 56.8. The van der Waals surface area contributed by atoms with Gasteiger partial charge in [-0.3, -0.25) is 19.2 Å². The van der Waals surface area contributed by atoms with Crippen LogP contribution < -0.4 is 45.0 Å². The molecule has 0 spiro atoms. The zero-order valence-electron chi connectivity index (χ0n) is 43.7. The van der Waals surface area contributed by atoms with E-state index in [1.807, 2.05) is 0 Å². The minimum absolute atomic E-state index is 0.0277. The molecule has 82 heavy (non-hydrogen) atoms. The van der Waals surface area contributed by atoms with E-state index >= 15 is 38.4 Å². The normalized spacial score (nSPS) is 12.6. The van der Waals surface area contributed by atoms with Crippen LogP contribution in [0.5, 0.6) is 0 Å². The van der Waals surface area contributed by atoms with Gasteiger partial charge < -0.3 is 37.9 Å². The van der Waals surface area contributed by atoms with Crippen LogP contribution in [0.4, 0.5) is 0 Å². The number of pyridine rings is 2. The number of methoxy groups -OCH3 is 2. The maximum atomic E-state index is 15.3. The Kier molecular flexibility index (Phi) is 13.8. The molecule has 26 heteroatoms. The summed E-state index contributed by atoms with van der Waals surface area (Å²) in [7, 11) is 3.13. The van der Waals surface area contributed by atoms with Crippen LogP contribution in [0.2, 0.25) is 0 Å². The largest absolute Gasteiger partial charge is 0.382 e. The number of hydrogen-bond donors (Lipinski definition) is 0. The van der Waals surface area contributed by atoms with E-state index in [0.29, 0.717) is 48.6 Å². The molecule has 24 nitrogen and oxygen atoms in total. The lowest BCUT2D eigenvalue weighted by atomic mass is 9.84. The fourth-order valence-electron chi connectivity index (χ4n) is 11.4. The van der Waals surface area contributed by atoms with Crippen LogP contribution in [-0.2, 0) is 51.4 Å². The summed E-state index contributed by atoms with van der Waals surface area (Å²) in [5.41, 5.74) is -6.16. The summed E-state index contributed by atoms with van der Waals surface area (Å²) in [5.74, 6) is 0. The van der Waals surface area contributed by atoms with Gasteiger partial charge in [0.05, 0.1) is 134 Å². The molecule has 0 aliphatic heterocycles. The van der Waals surface area contributed by atoms with Crippen LogP contribution in [0.3, 0.4) is 0 Å². The molecule has 0 amide bonds. The summed E-state index contributed by atoms with van der Waals surface area (Å²) >= 11 is 6.86. The number of hydrogen-bond acceptors (Lipinski definition) is 16. The van der Waals surface area contributed by atoms with Gasteiger partial charge >= 0.3 is 22.8 Å². The number of ether oxygens (including phenoxy) is 8. The molecule has 0 aliphatic rings. The minimum Gasteiger partial charge on any atom is -0.382 e. The number of halogens is 2. The number of fused-ring (bicyclic) bond motifs is 6. The molecule has 13 aromatic rings. The van der Waals surface area contributed by atoms with Crippen molar-refractivity contribution in [1.29, 1.82) is 0 Å². The van der Waals surface area contributed by atoms with E-state index in [-0.39, 0.29) is 138 Å². The van der Waals surface area contributed by atoms with Gasteiger partial charge in [0.15, 0.2) is 0 Å². The molecular weight excluding hydrogens is 1200 g/mol. The van der Waals surface area contributed by atoms with Crippen molar-refractivity contribution in [3.05, 3.63) is 165 Å². The van der Waals surface area contributed by atoms with E-state index in [9.17, 15) is 0 Å². The second kappa shape index (κ2) is 21.2. The highest BCUT2D eigenvalue weighted by molar-refractivity contribution is 9.10. The zero-order valence-corrected chi connectivity index (χ0v) is 46.9. The van der Waals surface area contributed by atoms with Crippen LogP contribution >= 0.6 is 31.9 Å². The van der Waals surface area contributed by atoms with E-state index in [1.165, 1.54) is 24.3 Å². The summed E-state index contributed by atoms with van der Waals surface area (Å²) in [6, 6.07) is 18.7. The predicted molar refractivity (Wildman–Crippen MR) is 310 cm³/mol. The SMILES string of the molecule is COCCOCCOCCOCn1c(=O)c2cc3c4c5c2c(cc2c5c5c6c7c(cc(c64)n4c(=O)n(-c6ccc(Br)cc6)c(=O)n34)c(=O)n(COCCOCCOCCOC)c(=O)c7cc5n3c(=O)n(-c4ccc(Br)cc4)c(=O)n23)c1=O. The van der Waals surface area contributed by atoms with Gasteiger partial charge in [-0.25, -0.2) is 37.4 Å². The third kappa shape index (κ3) is 8.14. The van der Waals surface area contributed by atoms with Gasteiger partial charge in [0.2, 0.25) is 0 Å². The maximum Gasteiger partial charge on any atom is 0.356 e. The van der Waals surface area contributed by atoms with Gasteiger partial charge in [-0.1, -0.05) is 31.9 Å². The topological polar surface area (TPSA) is 248 Å². The first-order valence-corrected chi connectivity index (χ1v) is 27.5. The Morgan fingerprint density at radius 3 is 0.854 bits per heavy atom. The lowest BCUT2D eigenvalue weighted by Crippen LogP contribution is -2.35. The molecule has 0 radical (unpaired) electrons. The van der Waals surface area contributed by atoms with Crippen molar-refractivity contribution in [1.82, 2.24) is 36.3 Å². The van der Waals surface area contributed by atoms with Crippen molar-refractivity contribution >= 4 is 119 Å². The Labute approximate surface area is 473 Å². The Morgan fingerprint density at radius 1 is 0.329 bits per heavy atom. The van der Waals surface area contributed by atoms with Crippen LogP contribution in [0.15, 0.2) is 120 Å². The Balaban J connectivity index is 1.12. The highest BCUT2D eigenvalue weighted by atomic mass is 79.9. The molecule has 0 saturated carbocycles. The molecule has 6 heterocycles. The monoisotopic (exact) mass is 1240 g/mol. The smallest absolute Gasteiger partial charge is 0.356 e. The molecule has 0 bridgehead atoms. The molecule has 6 aromatic heterocycles. The average Bonchev–Trinajstić information content (AvgIpc) is 1.08. The molecule has 0 saturated heterocycles. The first-order valence-electron chi connectivity index (χ1n) is 25.9. The van der Waals surface area contributed by atoms with Crippen molar-refractivity contribution in [3.8, 4) is 11.4 Å². The van der Waals surface area contributed by atoms with Crippen LogP contribution in [0, 0.1) is 0 Å². The number of rotatable bonds is 24. The number of aromatic nitrogens is 8. The molecule has 420 valence electrons. The number of benzene rings is 7. The molecule has 0 aliphatic carbocycles. The summed E-state index contributed by atoms with van der Waals surface area (Å²) in [5, 5.41) is 1.59. The molecular formula is C56H46Br2N8O16.